The molecule has 4 atom stereocenters. The molecule has 6 heteroatoms. The number of fused-ring (bicyclic) bond motifs is 2. The van der Waals surface area contributed by atoms with Gasteiger partial charge in [0.2, 0.25) is 0 Å². The fraction of sp³-hybridized carbons (Fsp3) is 0.565. The van der Waals surface area contributed by atoms with Crippen LogP contribution in [0.4, 0.5) is 5.69 Å². The van der Waals surface area contributed by atoms with Crippen LogP contribution in [0.1, 0.15) is 44.9 Å². The average molecular weight is 417 g/mol. The van der Waals surface area contributed by atoms with Crippen molar-refractivity contribution in [2.75, 3.05) is 19.0 Å². The van der Waals surface area contributed by atoms with E-state index < -0.39 is 5.97 Å². The minimum absolute atomic E-state index is 0.254. The molecule has 2 aliphatic carbocycles. The molecular formula is C23H32N2O3S. The van der Waals surface area contributed by atoms with Crippen molar-refractivity contribution in [3.05, 3.63) is 36.4 Å². The predicted octanol–water partition coefficient (Wildman–Crippen LogP) is 4.85. The normalized spacial score (nSPS) is 25.3. The van der Waals surface area contributed by atoms with Crippen molar-refractivity contribution in [3.63, 3.8) is 0 Å². The molecule has 1 aromatic carbocycles. The summed E-state index contributed by atoms with van der Waals surface area (Å²) >= 11 is 5.50. The summed E-state index contributed by atoms with van der Waals surface area (Å²) in [5.41, 5.74) is 0.956. The van der Waals surface area contributed by atoms with E-state index >= 15 is 0 Å². The maximum Gasteiger partial charge on any atom is 0.303 e. The van der Waals surface area contributed by atoms with Gasteiger partial charge in [-0.2, -0.15) is 0 Å². The first-order valence-corrected chi connectivity index (χ1v) is 11.0. The van der Waals surface area contributed by atoms with Gasteiger partial charge in [-0.05, 0) is 98.7 Å². The minimum Gasteiger partial charge on any atom is -0.497 e. The van der Waals surface area contributed by atoms with E-state index in [0.717, 1.165) is 49.1 Å². The number of methoxy groups -OCH3 is 1. The smallest absolute Gasteiger partial charge is 0.303 e. The molecule has 2 bridgehead atoms. The molecule has 0 saturated heterocycles. The summed E-state index contributed by atoms with van der Waals surface area (Å²) in [5, 5.41) is 16.1. The number of hydrogen-bond acceptors (Lipinski definition) is 3. The highest BCUT2D eigenvalue weighted by atomic mass is 32.1. The molecule has 2 fully saturated rings. The van der Waals surface area contributed by atoms with Crippen LogP contribution >= 0.6 is 12.2 Å². The Hall–Kier alpha value is -2.08. The van der Waals surface area contributed by atoms with E-state index in [2.05, 4.69) is 22.8 Å². The Morgan fingerprint density at radius 2 is 1.93 bits per heavy atom. The van der Waals surface area contributed by atoms with E-state index in [1.165, 1.54) is 19.3 Å². The van der Waals surface area contributed by atoms with Crippen LogP contribution in [-0.2, 0) is 4.79 Å². The highest BCUT2D eigenvalue weighted by molar-refractivity contribution is 7.80. The molecule has 158 valence electrons. The standard InChI is InChI=1S/C23H32N2O3S/c1-28-19-12-10-18(11-13-19)25-23(29)24-15-21-17-9-8-16(14-17)20(21)6-4-2-3-5-7-22(26)27/h2,4,10-13,16-17,20-21H,3,5-9,14-15H2,1H3,(H,26,27)(H2,24,25,29). The van der Waals surface area contributed by atoms with Crippen LogP contribution in [0, 0.1) is 23.7 Å². The lowest BCUT2D eigenvalue weighted by atomic mass is 9.77. The zero-order chi connectivity index (χ0) is 20.6. The number of carboxylic acid groups (broad SMARTS) is 1. The molecule has 3 rings (SSSR count). The van der Waals surface area contributed by atoms with Gasteiger partial charge in [-0.15, -0.1) is 0 Å². The maximum atomic E-state index is 10.6. The molecule has 5 nitrogen and oxygen atoms in total. The predicted molar refractivity (Wildman–Crippen MR) is 120 cm³/mol. The molecule has 0 aromatic heterocycles. The second kappa shape index (κ2) is 10.6. The highest BCUT2D eigenvalue weighted by Crippen LogP contribution is 2.53. The summed E-state index contributed by atoms with van der Waals surface area (Å²) in [6.45, 7) is 0.917. The summed E-state index contributed by atoms with van der Waals surface area (Å²) in [4.78, 5) is 10.6. The molecule has 0 radical (unpaired) electrons. The van der Waals surface area contributed by atoms with Crippen LogP contribution in [0.3, 0.4) is 0 Å². The molecular weight excluding hydrogens is 384 g/mol. The average Bonchev–Trinajstić information content (AvgIpc) is 3.31. The van der Waals surface area contributed by atoms with Gasteiger partial charge < -0.3 is 20.5 Å². The van der Waals surface area contributed by atoms with Gasteiger partial charge in [0.15, 0.2) is 5.11 Å². The lowest BCUT2D eigenvalue weighted by Gasteiger charge is -2.31. The van der Waals surface area contributed by atoms with Crippen molar-refractivity contribution in [1.82, 2.24) is 5.32 Å². The molecule has 2 saturated carbocycles. The molecule has 29 heavy (non-hydrogen) atoms. The number of carbonyl (C=O) groups is 1. The first kappa shape index (κ1) is 21.6. The third kappa shape index (κ3) is 6.20. The van der Waals surface area contributed by atoms with Crippen LogP contribution in [0.5, 0.6) is 5.75 Å². The molecule has 1 aromatic rings. The van der Waals surface area contributed by atoms with Gasteiger partial charge in [0.05, 0.1) is 7.11 Å². The Labute approximate surface area is 178 Å². The minimum atomic E-state index is -0.711. The van der Waals surface area contributed by atoms with Gasteiger partial charge in [-0.25, -0.2) is 0 Å². The number of unbranched alkanes of at least 4 members (excludes halogenated alkanes) is 1. The summed E-state index contributed by atoms with van der Waals surface area (Å²) in [6, 6.07) is 7.75. The van der Waals surface area contributed by atoms with E-state index in [-0.39, 0.29) is 6.42 Å². The summed E-state index contributed by atoms with van der Waals surface area (Å²) in [6.07, 6.45) is 11.4. The second-order valence-corrected chi connectivity index (χ2v) is 8.63. The van der Waals surface area contributed by atoms with Gasteiger partial charge in [0.1, 0.15) is 5.75 Å². The van der Waals surface area contributed by atoms with Crippen LogP contribution in [0.2, 0.25) is 0 Å². The van der Waals surface area contributed by atoms with E-state index in [0.29, 0.717) is 16.9 Å². The van der Waals surface area contributed by atoms with E-state index in [9.17, 15) is 4.79 Å². The summed E-state index contributed by atoms with van der Waals surface area (Å²) in [7, 11) is 1.66. The van der Waals surface area contributed by atoms with Crippen molar-refractivity contribution < 1.29 is 14.6 Å². The lowest BCUT2D eigenvalue weighted by Crippen LogP contribution is -2.37. The second-order valence-electron chi connectivity index (χ2n) is 8.22. The number of benzene rings is 1. The Balaban J connectivity index is 1.44. The SMILES string of the molecule is COc1ccc(NC(=S)NCC2C3CCC(C3)C2CC=CCCCC(=O)O)cc1. The Morgan fingerprint density at radius 1 is 1.21 bits per heavy atom. The van der Waals surface area contributed by atoms with Crippen LogP contribution in [-0.4, -0.2) is 29.8 Å². The van der Waals surface area contributed by atoms with Crippen molar-refractivity contribution in [2.45, 2.75) is 44.9 Å². The van der Waals surface area contributed by atoms with E-state index in [4.69, 9.17) is 22.1 Å². The van der Waals surface area contributed by atoms with Crippen molar-refractivity contribution in [3.8, 4) is 5.75 Å². The third-order valence-electron chi connectivity index (χ3n) is 6.46. The highest BCUT2D eigenvalue weighted by Gasteiger charge is 2.46. The van der Waals surface area contributed by atoms with Crippen LogP contribution < -0.4 is 15.4 Å². The number of aliphatic carboxylic acids is 1. The first-order chi connectivity index (χ1) is 14.1. The van der Waals surface area contributed by atoms with Gasteiger partial charge in [0, 0.05) is 18.7 Å². The van der Waals surface area contributed by atoms with Gasteiger partial charge >= 0.3 is 5.97 Å². The zero-order valence-electron chi connectivity index (χ0n) is 17.1. The van der Waals surface area contributed by atoms with E-state index in [1.54, 1.807) is 7.11 Å². The molecule has 2 aliphatic rings. The number of anilines is 1. The largest absolute Gasteiger partial charge is 0.497 e. The fourth-order valence-corrected chi connectivity index (χ4v) is 5.22. The number of ether oxygens (including phenoxy) is 1. The fourth-order valence-electron chi connectivity index (χ4n) is 5.02. The van der Waals surface area contributed by atoms with Gasteiger partial charge in [-0.3, -0.25) is 4.79 Å². The molecule has 0 amide bonds. The number of rotatable bonds is 10. The number of nitrogens with one attached hydrogen (secondary N) is 2. The van der Waals surface area contributed by atoms with E-state index in [1.807, 2.05) is 24.3 Å². The van der Waals surface area contributed by atoms with Gasteiger partial charge in [-0.1, -0.05) is 12.2 Å². The molecule has 0 aliphatic heterocycles. The molecule has 3 N–H and O–H groups in total. The zero-order valence-corrected chi connectivity index (χ0v) is 17.9. The monoisotopic (exact) mass is 416 g/mol. The summed E-state index contributed by atoms with van der Waals surface area (Å²) in [5.74, 6) is 3.13. The third-order valence-corrected chi connectivity index (χ3v) is 6.70. The van der Waals surface area contributed by atoms with Gasteiger partial charge in [0.25, 0.3) is 0 Å². The van der Waals surface area contributed by atoms with Crippen molar-refractivity contribution in [2.24, 2.45) is 23.7 Å². The van der Waals surface area contributed by atoms with Crippen LogP contribution in [0.15, 0.2) is 36.4 Å². The number of hydrogen-bond donors (Lipinski definition) is 3. The quantitative estimate of drug-likeness (QED) is 0.288. The maximum absolute atomic E-state index is 10.6. The van der Waals surface area contributed by atoms with Crippen molar-refractivity contribution >= 4 is 29.0 Å². The Kier molecular flexibility index (Phi) is 7.92. The topological polar surface area (TPSA) is 70.6 Å². The molecule has 0 spiro atoms. The van der Waals surface area contributed by atoms with Crippen molar-refractivity contribution in [1.29, 1.82) is 0 Å². The number of thiocarbonyl (C=S) groups is 1. The lowest BCUT2D eigenvalue weighted by molar-refractivity contribution is -0.137. The first-order valence-electron chi connectivity index (χ1n) is 10.6. The number of carboxylic acids is 1. The van der Waals surface area contributed by atoms with Crippen LogP contribution in [0.25, 0.3) is 0 Å². The summed E-state index contributed by atoms with van der Waals surface area (Å²) < 4.78 is 5.19. The molecule has 4 unspecified atom stereocenters. The molecule has 0 heterocycles. The Morgan fingerprint density at radius 3 is 2.62 bits per heavy atom. The Bertz CT molecular complexity index is 719. The number of allylic oxidation sites excluding steroid dienone is 2.